The fraction of sp³-hybridized carbons (Fsp3) is 0.300. The molecule has 6 nitrogen and oxygen atoms in total. The van der Waals surface area contributed by atoms with Gasteiger partial charge in [-0.3, -0.25) is 4.79 Å². The minimum atomic E-state index is 0.0704. The second-order valence-electron chi connectivity index (χ2n) is 6.32. The first kappa shape index (κ1) is 19.3. The number of hydrogen-bond acceptors (Lipinski definition) is 5. The number of nitrogens with two attached hydrogens (primary N) is 1. The Labute approximate surface area is 163 Å². The third-order valence-electron chi connectivity index (χ3n) is 4.49. The molecule has 0 bridgehead atoms. The molecule has 7 heteroatoms. The monoisotopic (exact) mass is 384 g/mol. The van der Waals surface area contributed by atoms with Crippen LogP contribution in [0.1, 0.15) is 21.7 Å². The molecule has 0 aliphatic heterocycles. The van der Waals surface area contributed by atoms with Gasteiger partial charge in [-0.1, -0.05) is 42.1 Å². The van der Waals surface area contributed by atoms with E-state index < -0.39 is 0 Å². The van der Waals surface area contributed by atoms with Gasteiger partial charge in [0.15, 0.2) is 10.9 Å². The number of carbonyl (C=O) groups excluding carboxylic acids is 1. The molecule has 2 heterocycles. The molecule has 2 N–H and O–H groups in total. The Morgan fingerprint density at radius 3 is 2.70 bits per heavy atom. The predicted octanol–water partition coefficient (Wildman–Crippen LogP) is 3.30. The van der Waals surface area contributed by atoms with E-state index in [1.54, 1.807) is 13.3 Å². The van der Waals surface area contributed by atoms with Gasteiger partial charge in [0.25, 0.3) is 0 Å². The summed E-state index contributed by atoms with van der Waals surface area (Å²) in [6.45, 7) is 5.33. The van der Waals surface area contributed by atoms with E-state index in [1.165, 1.54) is 16.4 Å². The van der Waals surface area contributed by atoms with E-state index in [4.69, 9.17) is 10.6 Å². The van der Waals surface area contributed by atoms with Crippen molar-refractivity contribution in [2.24, 2.45) is 0 Å². The van der Waals surface area contributed by atoms with E-state index in [0.29, 0.717) is 11.8 Å². The second kappa shape index (κ2) is 8.45. The van der Waals surface area contributed by atoms with Gasteiger partial charge in [-0.05, 0) is 19.9 Å². The fourth-order valence-corrected chi connectivity index (χ4v) is 3.83. The number of carbonyl (C=O) groups is 1. The molecule has 0 radical (unpaired) electrons. The maximum atomic E-state index is 12.7. The van der Waals surface area contributed by atoms with E-state index in [0.717, 1.165) is 34.8 Å². The first-order chi connectivity index (χ1) is 13.0. The largest absolute Gasteiger partial charge is 0.383 e. The van der Waals surface area contributed by atoms with Crippen molar-refractivity contribution in [3.05, 3.63) is 59.5 Å². The SMILES string of the molecule is COCCn1c(C)cc(C(=O)CSc2nc(-c3ccccc3)cn2N)c1C. The van der Waals surface area contributed by atoms with Crippen LogP contribution in [0.3, 0.4) is 0 Å². The Kier molecular flexibility index (Phi) is 6.03. The van der Waals surface area contributed by atoms with Gasteiger partial charge in [0.2, 0.25) is 0 Å². The number of hydrogen-bond donors (Lipinski definition) is 1. The van der Waals surface area contributed by atoms with Crippen LogP contribution in [0.2, 0.25) is 0 Å². The minimum absolute atomic E-state index is 0.0704. The summed E-state index contributed by atoms with van der Waals surface area (Å²) in [5.41, 5.74) is 4.57. The summed E-state index contributed by atoms with van der Waals surface area (Å²) in [5.74, 6) is 6.38. The first-order valence-electron chi connectivity index (χ1n) is 8.72. The summed E-state index contributed by atoms with van der Waals surface area (Å²) in [4.78, 5) is 17.3. The number of ketones is 1. The van der Waals surface area contributed by atoms with Crippen LogP contribution in [-0.2, 0) is 11.3 Å². The van der Waals surface area contributed by atoms with Gasteiger partial charge in [0, 0.05) is 36.2 Å². The summed E-state index contributed by atoms with van der Waals surface area (Å²) >= 11 is 1.35. The molecule has 0 fully saturated rings. The Morgan fingerprint density at radius 1 is 1.26 bits per heavy atom. The van der Waals surface area contributed by atoms with Crippen molar-refractivity contribution in [1.82, 2.24) is 14.2 Å². The summed E-state index contributed by atoms with van der Waals surface area (Å²) in [6.07, 6.45) is 1.78. The molecule has 0 amide bonds. The molecule has 0 aliphatic rings. The number of nitrogen functional groups attached to an aromatic ring is 1. The number of thioether (sulfide) groups is 1. The molecule has 0 unspecified atom stereocenters. The molecule has 0 saturated heterocycles. The lowest BCUT2D eigenvalue weighted by Gasteiger charge is -2.08. The number of benzene rings is 1. The molecular formula is C20H24N4O2S. The highest BCUT2D eigenvalue weighted by Crippen LogP contribution is 2.24. The zero-order valence-electron chi connectivity index (χ0n) is 15.8. The molecule has 142 valence electrons. The van der Waals surface area contributed by atoms with Gasteiger partial charge in [-0.25, -0.2) is 9.66 Å². The van der Waals surface area contributed by atoms with Crippen LogP contribution in [0.25, 0.3) is 11.3 Å². The number of methoxy groups -OCH3 is 1. The number of aryl methyl sites for hydroxylation is 1. The van der Waals surface area contributed by atoms with Gasteiger partial charge in [-0.15, -0.1) is 0 Å². The lowest BCUT2D eigenvalue weighted by atomic mass is 10.2. The highest BCUT2D eigenvalue weighted by Gasteiger charge is 2.17. The Balaban J connectivity index is 1.71. The smallest absolute Gasteiger partial charge is 0.187 e. The molecule has 3 rings (SSSR count). The Hall–Kier alpha value is -2.51. The normalized spacial score (nSPS) is 11.1. The van der Waals surface area contributed by atoms with Crippen LogP contribution in [-0.4, -0.2) is 39.5 Å². The molecule has 0 atom stereocenters. The number of aromatic nitrogens is 3. The van der Waals surface area contributed by atoms with Gasteiger partial charge in [-0.2, -0.15) is 0 Å². The van der Waals surface area contributed by atoms with Crippen LogP contribution in [0.4, 0.5) is 0 Å². The molecular weight excluding hydrogens is 360 g/mol. The molecule has 3 aromatic rings. The second-order valence-corrected chi connectivity index (χ2v) is 7.27. The van der Waals surface area contributed by atoms with Gasteiger partial charge >= 0.3 is 0 Å². The molecule has 27 heavy (non-hydrogen) atoms. The average molecular weight is 385 g/mol. The van der Waals surface area contributed by atoms with Crippen LogP contribution in [0.5, 0.6) is 0 Å². The van der Waals surface area contributed by atoms with Gasteiger partial charge in [0.1, 0.15) is 0 Å². The molecule has 0 aliphatic carbocycles. The zero-order valence-corrected chi connectivity index (χ0v) is 16.6. The maximum absolute atomic E-state index is 12.7. The van der Waals surface area contributed by atoms with Crippen molar-refractivity contribution in [2.45, 2.75) is 25.5 Å². The highest BCUT2D eigenvalue weighted by molar-refractivity contribution is 7.99. The van der Waals surface area contributed by atoms with Crippen molar-refractivity contribution in [3.63, 3.8) is 0 Å². The first-order valence-corrected chi connectivity index (χ1v) is 9.71. The average Bonchev–Trinajstić information content (AvgIpc) is 3.18. The van der Waals surface area contributed by atoms with E-state index in [1.807, 2.05) is 50.2 Å². The van der Waals surface area contributed by atoms with E-state index in [9.17, 15) is 4.79 Å². The molecule has 2 aromatic heterocycles. The third-order valence-corrected chi connectivity index (χ3v) is 5.46. The standard InChI is InChI=1S/C20H24N4O2S/c1-14-11-17(15(2)23(14)9-10-26-3)19(25)13-27-20-22-18(12-24(20)21)16-7-5-4-6-8-16/h4-8,11-12H,9-10,13,21H2,1-3H3. The fourth-order valence-electron chi connectivity index (χ4n) is 3.05. The van der Waals surface area contributed by atoms with Crippen molar-refractivity contribution < 1.29 is 9.53 Å². The Morgan fingerprint density at radius 2 is 2.00 bits per heavy atom. The predicted molar refractivity (Wildman–Crippen MR) is 109 cm³/mol. The summed E-state index contributed by atoms with van der Waals surface area (Å²) < 4.78 is 8.73. The van der Waals surface area contributed by atoms with E-state index in [2.05, 4.69) is 9.55 Å². The summed E-state index contributed by atoms with van der Waals surface area (Å²) in [6, 6.07) is 11.8. The molecule has 0 saturated carbocycles. The third kappa shape index (κ3) is 4.26. The summed E-state index contributed by atoms with van der Waals surface area (Å²) in [5, 5.41) is 0.621. The highest BCUT2D eigenvalue weighted by atomic mass is 32.2. The molecule has 0 spiro atoms. The van der Waals surface area contributed by atoms with Crippen LogP contribution >= 0.6 is 11.8 Å². The topological polar surface area (TPSA) is 75.1 Å². The van der Waals surface area contributed by atoms with Crippen LogP contribution in [0.15, 0.2) is 47.8 Å². The zero-order chi connectivity index (χ0) is 19.4. The van der Waals surface area contributed by atoms with E-state index >= 15 is 0 Å². The van der Waals surface area contributed by atoms with Crippen molar-refractivity contribution >= 4 is 17.5 Å². The quantitative estimate of drug-likeness (QED) is 0.366. The molecule has 1 aromatic carbocycles. The number of ether oxygens (including phenoxy) is 1. The maximum Gasteiger partial charge on any atom is 0.187 e. The lowest BCUT2D eigenvalue weighted by Crippen LogP contribution is -2.11. The van der Waals surface area contributed by atoms with Crippen LogP contribution < -0.4 is 5.84 Å². The minimum Gasteiger partial charge on any atom is -0.383 e. The van der Waals surface area contributed by atoms with Gasteiger partial charge < -0.3 is 15.1 Å². The van der Waals surface area contributed by atoms with Crippen LogP contribution in [0, 0.1) is 13.8 Å². The number of nitrogens with zero attached hydrogens (tertiary/aromatic N) is 3. The Bertz CT molecular complexity index is 931. The van der Waals surface area contributed by atoms with Crippen molar-refractivity contribution in [2.75, 3.05) is 25.3 Å². The van der Waals surface area contributed by atoms with Crippen molar-refractivity contribution in [3.8, 4) is 11.3 Å². The number of rotatable bonds is 8. The number of imidazole rings is 1. The lowest BCUT2D eigenvalue weighted by molar-refractivity contribution is 0.102. The van der Waals surface area contributed by atoms with Crippen molar-refractivity contribution in [1.29, 1.82) is 0 Å². The number of Topliss-reactive ketones (excluding diaryl/α,β-unsaturated/α-hetero) is 1. The summed E-state index contributed by atoms with van der Waals surface area (Å²) in [7, 11) is 1.68. The van der Waals surface area contributed by atoms with Gasteiger partial charge in [0.05, 0.1) is 24.3 Å². The van der Waals surface area contributed by atoms with E-state index in [-0.39, 0.29) is 11.5 Å².